The Morgan fingerprint density at radius 1 is 0.690 bits per heavy atom. The van der Waals surface area contributed by atoms with Crippen LogP contribution >= 0.6 is 0 Å². The number of benzene rings is 4. The van der Waals surface area contributed by atoms with Crippen LogP contribution in [0.2, 0.25) is 0 Å². The van der Waals surface area contributed by atoms with Crippen molar-refractivity contribution in [2.45, 2.75) is 64.8 Å². The van der Waals surface area contributed by atoms with Crippen LogP contribution in [0.3, 0.4) is 0 Å². The van der Waals surface area contributed by atoms with E-state index in [1.165, 1.54) is 0 Å². The van der Waals surface area contributed by atoms with E-state index in [-0.39, 0.29) is 11.9 Å². The van der Waals surface area contributed by atoms with E-state index in [0.29, 0.717) is 0 Å². The fraction of sp³-hybridized carbons (Fsp3) is 0.297. The number of hydrogen-bond donors (Lipinski definition) is 2. The lowest BCUT2D eigenvalue weighted by Gasteiger charge is -2.42. The number of nitrogens with one attached hydrogen (secondary N) is 2. The molecule has 0 unspecified atom stereocenters. The van der Waals surface area contributed by atoms with E-state index in [4.69, 9.17) is 4.74 Å². The quantitative estimate of drug-likeness (QED) is 0.224. The second-order valence-electron chi connectivity index (χ2n) is 12.6. The second-order valence-corrected chi connectivity index (χ2v) is 12.6. The van der Waals surface area contributed by atoms with Crippen molar-refractivity contribution >= 4 is 11.9 Å². The van der Waals surface area contributed by atoms with Crippen LogP contribution in [0.5, 0.6) is 0 Å². The molecule has 2 atom stereocenters. The third-order valence-electron chi connectivity index (χ3n) is 8.12. The van der Waals surface area contributed by atoms with Crippen molar-refractivity contribution in [2.24, 2.45) is 5.41 Å². The standard InChI is InChI=1S/C37H40N2O3/c1-25(26-17-9-7-10-18-26)38-34(41)36(5,6)32(33(40)42-35(2,3)4)39-37(27-19-11-8-12-20-27)30-23-15-13-21-28(30)29-22-14-16-24-31(29)37/h7-25,32,39H,1-6H3,(H,38,41)/t25-,32+/m1/s1. The first kappa shape index (κ1) is 29.3. The summed E-state index contributed by atoms with van der Waals surface area (Å²) in [6.45, 7) is 11.1. The minimum absolute atomic E-state index is 0.242. The van der Waals surface area contributed by atoms with E-state index in [9.17, 15) is 9.59 Å². The lowest BCUT2D eigenvalue weighted by Crippen LogP contribution is -2.61. The molecule has 0 heterocycles. The molecule has 1 aliphatic carbocycles. The Kier molecular flexibility index (Phi) is 7.82. The maximum Gasteiger partial charge on any atom is 0.324 e. The fourth-order valence-corrected chi connectivity index (χ4v) is 5.92. The molecule has 4 aromatic carbocycles. The Morgan fingerprint density at radius 3 is 1.69 bits per heavy atom. The van der Waals surface area contributed by atoms with Gasteiger partial charge in [0.25, 0.3) is 0 Å². The SMILES string of the molecule is C[C@@H](NC(=O)C(C)(C)[C@@H](NC1(c2ccccc2)c2ccccc2-c2ccccc21)C(=O)OC(C)(C)C)c1ccccc1. The maximum absolute atomic E-state index is 14.2. The molecule has 1 amide bonds. The molecule has 42 heavy (non-hydrogen) atoms. The van der Waals surface area contributed by atoms with Gasteiger partial charge in [-0.15, -0.1) is 0 Å². The Labute approximate surface area is 249 Å². The summed E-state index contributed by atoms with van der Waals surface area (Å²) in [7, 11) is 0. The van der Waals surface area contributed by atoms with Gasteiger partial charge >= 0.3 is 5.97 Å². The number of ether oxygens (including phenoxy) is 1. The Balaban J connectivity index is 1.65. The highest BCUT2D eigenvalue weighted by molar-refractivity contribution is 5.91. The summed E-state index contributed by atoms with van der Waals surface area (Å²) in [5.41, 5.74) is 3.36. The summed E-state index contributed by atoms with van der Waals surface area (Å²) >= 11 is 0. The molecule has 4 aromatic rings. The van der Waals surface area contributed by atoms with Gasteiger partial charge in [0.15, 0.2) is 0 Å². The molecule has 0 aliphatic heterocycles. The van der Waals surface area contributed by atoms with Crippen LogP contribution in [-0.2, 0) is 19.9 Å². The molecule has 0 saturated heterocycles. The Bertz CT molecular complexity index is 1530. The molecule has 5 rings (SSSR count). The Hall–Kier alpha value is -4.22. The van der Waals surface area contributed by atoms with Crippen molar-refractivity contribution in [2.75, 3.05) is 0 Å². The van der Waals surface area contributed by atoms with Gasteiger partial charge in [-0.3, -0.25) is 14.9 Å². The average Bonchev–Trinajstić information content (AvgIpc) is 3.26. The van der Waals surface area contributed by atoms with Crippen LogP contribution in [0.15, 0.2) is 109 Å². The van der Waals surface area contributed by atoms with Gasteiger partial charge in [0.2, 0.25) is 5.91 Å². The van der Waals surface area contributed by atoms with Crippen LogP contribution in [0.1, 0.15) is 69.8 Å². The summed E-state index contributed by atoms with van der Waals surface area (Å²) in [6.07, 6.45) is 0. The van der Waals surface area contributed by atoms with Gasteiger partial charge in [-0.1, -0.05) is 109 Å². The van der Waals surface area contributed by atoms with Crippen LogP contribution in [-0.4, -0.2) is 23.5 Å². The molecule has 0 radical (unpaired) electrons. The number of esters is 1. The molecule has 5 heteroatoms. The van der Waals surface area contributed by atoms with Crippen molar-refractivity contribution < 1.29 is 14.3 Å². The van der Waals surface area contributed by atoms with Crippen molar-refractivity contribution in [3.8, 4) is 11.1 Å². The zero-order valence-corrected chi connectivity index (χ0v) is 25.3. The average molecular weight is 561 g/mol. The summed E-state index contributed by atoms with van der Waals surface area (Å²) in [6, 6.07) is 35.3. The van der Waals surface area contributed by atoms with E-state index < -0.39 is 28.6 Å². The van der Waals surface area contributed by atoms with E-state index in [1.807, 2.05) is 114 Å². The zero-order chi connectivity index (χ0) is 30.1. The van der Waals surface area contributed by atoms with Gasteiger partial charge in [-0.05, 0) is 74.9 Å². The van der Waals surface area contributed by atoms with E-state index in [2.05, 4.69) is 47.0 Å². The molecule has 0 spiro atoms. The minimum atomic E-state index is -1.19. The van der Waals surface area contributed by atoms with Crippen molar-refractivity contribution in [1.29, 1.82) is 0 Å². The number of rotatable bonds is 8. The number of fused-ring (bicyclic) bond motifs is 3. The minimum Gasteiger partial charge on any atom is -0.459 e. The lowest BCUT2D eigenvalue weighted by atomic mass is 9.76. The predicted molar refractivity (Wildman–Crippen MR) is 168 cm³/mol. The molecule has 1 aliphatic rings. The van der Waals surface area contributed by atoms with E-state index in [0.717, 1.165) is 33.4 Å². The summed E-state index contributed by atoms with van der Waals surface area (Å²) in [4.78, 5) is 28.3. The fourth-order valence-electron chi connectivity index (χ4n) is 5.92. The van der Waals surface area contributed by atoms with Crippen molar-refractivity contribution in [1.82, 2.24) is 10.6 Å². The predicted octanol–water partition coefficient (Wildman–Crippen LogP) is 7.16. The monoisotopic (exact) mass is 560 g/mol. The summed E-state index contributed by atoms with van der Waals surface area (Å²) in [5.74, 6) is -0.725. The smallest absolute Gasteiger partial charge is 0.324 e. The van der Waals surface area contributed by atoms with Crippen molar-refractivity contribution in [3.63, 3.8) is 0 Å². The first-order valence-corrected chi connectivity index (χ1v) is 14.6. The van der Waals surface area contributed by atoms with Crippen LogP contribution < -0.4 is 10.6 Å². The maximum atomic E-state index is 14.2. The highest BCUT2D eigenvalue weighted by Gasteiger charge is 2.52. The van der Waals surface area contributed by atoms with Gasteiger partial charge in [-0.25, -0.2) is 0 Å². The van der Waals surface area contributed by atoms with Crippen LogP contribution in [0.4, 0.5) is 0 Å². The largest absolute Gasteiger partial charge is 0.459 e. The van der Waals surface area contributed by atoms with E-state index in [1.54, 1.807) is 0 Å². The van der Waals surface area contributed by atoms with Gasteiger partial charge in [-0.2, -0.15) is 0 Å². The molecule has 216 valence electrons. The highest BCUT2D eigenvalue weighted by atomic mass is 16.6. The van der Waals surface area contributed by atoms with Gasteiger partial charge < -0.3 is 10.1 Å². The topological polar surface area (TPSA) is 67.4 Å². The summed E-state index contributed by atoms with van der Waals surface area (Å²) < 4.78 is 6.01. The molecular weight excluding hydrogens is 520 g/mol. The van der Waals surface area contributed by atoms with Gasteiger partial charge in [0, 0.05) is 0 Å². The third-order valence-corrected chi connectivity index (χ3v) is 8.12. The number of carbonyl (C=O) groups excluding carboxylic acids is 2. The molecule has 0 fully saturated rings. The molecule has 0 saturated carbocycles. The van der Waals surface area contributed by atoms with Gasteiger partial charge in [0.1, 0.15) is 11.6 Å². The highest BCUT2D eigenvalue weighted by Crippen LogP contribution is 2.51. The van der Waals surface area contributed by atoms with Gasteiger partial charge in [0.05, 0.1) is 17.0 Å². The number of carbonyl (C=O) groups is 2. The normalized spacial score (nSPS) is 15.2. The molecule has 0 bridgehead atoms. The summed E-state index contributed by atoms with van der Waals surface area (Å²) in [5, 5.41) is 6.94. The second kappa shape index (κ2) is 11.2. The van der Waals surface area contributed by atoms with Crippen molar-refractivity contribution in [3.05, 3.63) is 131 Å². The molecule has 2 N–H and O–H groups in total. The third kappa shape index (κ3) is 5.37. The molecular formula is C37H40N2O3. The van der Waals surface area contributed by atoms with Crippen LogP contribution in [0.25, 0.3) is 11.1 Å². The lowest BCUT2D eigenvalue weighted by molar-refractivity contribution is -0.164. The molecule has 5 nitrogen and oxygen atoms in total. The Morgan fingerprint density at radius 2 is 1.17 bits per heavy atom. The molecule has 0 aromatic heterocycles. The number of amides is 1. The first-order valence-electron chi connectivity index (χ1n) is 14.6. The van der Waals surface area contributed by atoms with E-state index >= 15 is 0 Å². The first-order chi connectivity index (χ1) is 19.9. The van der Waals surface area contributed by atoms with Crippen LogP contribution in [0, 0.1) is 5.41 Å². The number of hydrogen-bond acceptors (Lipinski definition) is 4. The zero-order valence-electron chi connectivity index (χ0n) is 25.3.